The second kappa shape index (κ2) is 6.79. The van der Waals surface area contributed by atoms with Crippen molar-refractivity contribution in [1.29, 1.82) is 0 Å². The van der Waals surface area contributed by atoms with Gasteiger partial charge in [-0.15, -0.1) is 0 Å². The molecule has 0 unspecified atom stereocenters. The fraction of sp³-hybridized carbons (Fsp3) is 0.421. The van der Waals surface area contributed by atoms with Crippen molar-refractivity contribution in [2.75, 3.05) is 13.2 Å². The largest absolute Gasteiger partial charge is 0.454 e. The predicted molar refractivity (Wildman–Crippen MR) is 95.6 cm³/mol. The summed E-state index contributed by atoms with van der Waals surface area (Å²) in [6.45, 7) is 6.07. The van der Waals surface area contributed by atoms with Crippen LogP contribution < -0.4 is 5.32 Å². The number of fused-ring (bicyclic) bond motifs is 1. The number of hydrogen-bond donors (Lipinski definition) is 2. The molecule has 3 rings (SSSR count). The zero-order valence-electron chi connectivity index (χ0n) is 14.5. The molecule has 0 saturated heterocycles. The fourth-order valence-corrected chi connectivity index (χ4v) is 2.90. The molecule has 5 heteroatoms. The number of aliphatic hydroxyl groups is 1. The van der Waals surface area contributed by atoms with Crippen LogP contribution >= 0.6 is 0 Å². The molecule has 0 fully saturated rings. The Morgan fingerprint density at radius 1 is 1.29 bits per heavy atom. The molecule has 0 atom stereocenters. The van der Waals surface area contributed by atoms with Crippen LogP contribution in [0.15, 0.2) is 40.9 Å². The summed E-state index contributed by atoms with van der Waals surface area (Å²) in [6.07, 6.45) is 2.80. The molecular weight excluding hydrogens is 302 g/mol. The van der Waals surface area contributed by atoms with Gasteiger partial charge in [-0.3, -0.25) is 4.68 Å². The topological polar surface area (TPSA) is 63.2 Å². The third kappa shape index (κ3) is 3.68. The Balaban J connectivity index is 1.78. The Morgan fingerprint density at radius 2 is 2.08 bits per heavy atom. The molecule has 0 radical (unpaired) electrons. The Kier molecular flexibility index (Phi) is 4.73. The summed E-state index contributed by atoms with van der Waals surface area (Å²) in [5.74, 6) is 0.795. The second-order valence-electron chi connectivity index (χ2n) is 7.07. The number of benzene rings is 1. The smallest absolute Gasteiger partial charge is 0.156 e. The van der Waals surface area contributed by atoms with Crippen LogP contribution in [0.25, 0.3) is 22.4 Å². The van der Waals surface area contributed by atoms with E-state index in [2.05, 4.69) is 24.3 Å². The first-order chi connectivity index (χ1) is 11.5. The van der Waals surface area contributed by atoms with Gasteiger partial charge < -0.3 is 14.8 Å². The fourth-order valence-electron chi connectivity index (χ4n) is 2.90. The van der Waals surface area contributed by atoms with Crippen LogP contribution in [0.1, 0.15) is 25.8 Å². The lowest BCUT2D eigenvalue weighted by Gasteiger charge is -2.23. The maximum Gasteiger partial charge on any atom is 0.156 e. The molecule has 5 nitrogen and oxygen atoms in total. The molecule has 0 aliphatic carbocycles. The number of hydrogen-bond acceptors (Lipinski definition) is 4. The highest BCUT2D eigenvalue weighted by atomic mass is 16.3. The lowest BCUT2D eigenvalue weighted by molar-refractivity contribution is 0.207. The molecule has 0 spiro atoms. The SMILES string of the molecule is Cn1cc(CNCC(C)(C)CCO)c(-c2cc3ccccc3o2)n1. The molecule has 2 heterocycles. The maximum absolute atomic E-state index is 9.13. The van der Waals surface area contributed by atoms with E-state index < -0.39 is 0 Å². The van der Waals surface area contributed by atoms with E-state index in [1.165, 1.54) is 0 Å². The highest BCUT2D eigenvalue weighted by Crippen LogP contribution is 2.29. The number of rotatable bonds is 7. The van der Waals surface area contributed by atoms with Crippen LogP contribution in [-0.4, -0.2) is 28.0 Å². The van der Waals surface area contributed by atoms with E-state index in [1.54, 1.807) is 0 Å². The van der Waals surface area contributed by atoms with E-state index in [1.807, 2.05) is 48.3 Å². The minimum atomic E-state index is 0.0660. The number of nitrogens with one attached hydrogen (secondary N) is 1. The predicted octanol–water partition coefficient (Wildman–Crippen LogP) is 3.33. The van der Waals surface area contributed by atoms with Crippen molar-refractivity contribution in [2.45, 2.75) is 26.8 Å². The Morgan fingerprint density at radius 3 is 2.83 bits per heavy atom. The van der Waals surface area contributed by atoms with Gasteiger partial charge in [0.25, 0.3) is 0 Å². The maximum atomic E-state index is 9.13. The number of aromatic nitrogens is 2. The molecule has 0 aliphatic rings. The molecule has 3 aromatic rings. The normalized spacial score (nSPS) is 12.2. The molecule has 2 N–H and O–H groups in total. The quantitative estimate of drug-likeness (QED) is 0.699. The van der Waals surface area contributed by atoms with Gasteiger partial charge in [-0.2, -0.15) is 5.10 Å². The number of aliphatic hydroxyl groups excluding tert-OH is 1. The highest BCUT2D eigenvalue weighted by Gasteiger charge is 2.18. The van der Waals surface area contributed by atoms with Gasteiger partial charge in [-0.1, -0.05) is 32.0 Å². The summed E-state index contributed by atoms with van der Waals surface area (Å²) in [5.41, 5.74) is 2.93. The van der Waals surface area contributed by atoms with E-state index in [9.17, 15) is 0 Å². The lowest BCUT2D eigenvalue weighted by Crippen LogP contribution is -2.29. The average Bonchev–Trinajstić information content (AvgIpc) is 3.10. The molecular formula is C19H25N3O2. The molecule has 0 amide bonds. The van der Waals surface area contributed by atoms with Gasteiger partial charge in [0.05, 0.1) is 0 Å². The lowest BCUT2D eigenvalue weighted by atomic mass is 9.90. The summed E-state index contributed by atoms with van der Waals surface area (Å²) in [6, 6.07) is 10.0. The van der Waals surface area contributed by atoms with Crippen LogP contribution in [0, 0.1) is 5.41 Å². The summed E-state index contributed by atoms with van der Waals surface area (Å²) in [4.78, 5) is 0. The van der Waals surface area contributed by atoms with E-state index in [0.717, 1.165) is 47.5 Å². The first kappa shape index (κ1) is 16.7. The van der Waals surface area contributed by atoms with E-state index in [4.69, 9.17) is 9.52 Å². The summed E-state index contributed by atoms with van der Waals surface area (Å²) in [5, 5.41) is 18.3. The highest BCUT2D eigenvalue weighted by molar-refractivity contribution is 5.82. The van der Waals surface area contributed by atoms with Crippen molar-refractivity contribution in [3.63, 3.8) is 0 Å². The summed E-state index contributed by atoms with van der Waals surface area (Å²) < 4.78 is 7.78. The van der Waals surface area contributed by atoms with Crippen molar-refractivity contribution >= 4 is 11.0 Å². The van der Waals surface area contributed by atoms with E-state index in [0.29, 0.717) is 0 Å². The van der Waals surface area contributed by atoms with E-state index >= 15 is 0 Å². The summed E-state index contributed by atoms with van der Waals surface area (Å²) >= 11 is 0. The van der Waals surface area contributed by atoms with Crippen LogP contribution in [0.5, 0.6) is 0 Å². The first-order valence-electron chi connectivity index (χ1n) is 8.31. The van der Waals surface area contributed by atoms with Crippen LogP contribution in [-0.2, 0) is 13.6 Å². The Hall–Kier alpha value is -2.11. The van der Waals surface area contributed by atoms with Gasteiger partial charge in [0.2, 0.25) is 0 Å². The molecule has 2 aromatic heterocycles. The zero-order chi connectivity index (χ0) is 17.2. The minimum Gasteiger partial charge on any atom is -0.454 e. The van der Waals surface area contributed by atoms with Crippen LogP contribution in [0.4, 0.5) is 0 Å². The molecule has 0 bridgehead atoms. The van der Waals surface area contributed by atoms with Crippen molar-refractivity contribution in [3.8, 4) is 11.5 Å². The van der Waals surface area contributed by atoms with Crippen molar-refractivity contribution in [2.24, 2.45) is 12.5 Å². The van der Waals surface area contributed by atoms with Crippen LogP contribution in [0.2, 0.25) is 0 Å². The first-order valence-corrected chi connectivity index (χ1v) is 8.31. The Bertz CT molecular complexity index is 784. The monoisotopic (exact) mass is 327 g/mol. The minimum absolute atomic E-state index is 0.0660. The number of furan rings is 1. The summed E-state index contributed by atoms with van der Waals surface area (Å²) in [7, 11) is 1.92. The molecule has 0 saturated carbocycles. The van der Waals surface area contributed by atoms with Crippen LogP contribution in [0.3, 0.4) is 0 Å². The molecule has 24 heavy (non-hydrogen) atoms. The number of nitrogens with zero attached hydrogens (tertiary/aromatic N) is 2. The molecule has 0 aliphatic heterocycles. The van der Waals surface area contributed by atoms with Gasteiger partial charge in [0.1, 0.15) is 11.3 Å². The third-order valence-corrected chi connectivity index (χ3v) is 4.27. The van der Waals surface area contributed by atoms with Crippen molar-refractivity contribution in [3.05, 3.63) is 42.1 Å². The third-order valence-electron chi connectivity index (χ3n) is 4.27. The van der Waals surface area contributed by atoms with Gasteiger partial charge in [0, 0.05) is 43.9 Å². The second-order valence-corrected chi connectivity index (χ2v) is 7.07. The van der Waals surface area contributed by atoms with Gasteiger partial charge >= 0.3 is 0 Å². The van der Waals surface area contributed by atoms with Gasteiger partial charge in [0.15, 0.2) is 5.76 Å². The average molecular weight is 327 g/mol. The number of aryl methyl sites for hydroxylation is 1. The van der Waals surface area contributed by atoms with Gasteiger partial charge in [-0.25, -0.2) is 0 Å². The Labute approximate surface area is 142 Å². The van der Waals surface area contributed by atoms with E-state index in [-0.39, 0.29) is 12.0 Å². The van der Waals surface area contributed by atoms with Gasteiger partial charge in [-0.05, 0) is 24.0 Å². The molecule has 128 valence electrons. The number of para-hydroxylation sites is 1. The standard InChI is InChI=1S/C19H25N3O2/c1-19(2,8-9-23)13-20-11-15-12-22(3)21-18(15)17-10-14-6-4-5-7-16(14)24-17/h4-7,10,12,20,23H,8-9,11,13H2,1-3H3. The zero-order valence-corrected chi connectivity index (χ0v) is 14.5. The molecule has 1 aromatic carbocycles. The van der Waals surface area contributed by atoms with Crippen molar-refractivity contribution in [1.82, 2.24) is 15.1 Å². The van der Waals surface area contributed by atoms with Crippen molar-refractivity contribution < 1.29 is 9.52 Å².